The average molecular weight is 227 g/mol. The van der Waals surface area contributed by atoms with Gasteiger partial charge in [0.1, 0.15) is 0 Å². The maximum Gasteiger partial charge on any atom is 0.0210 e. The van der Waals surface area contributed by atoms with Gasteiger partial charge >= 0.3 is 0 Å². The van der Waals surface area contributed by atoms with Crippen LogP contribution in [0, 0.1) is 0 Å². The molecule has 2 rings (SSSR count). The second kappa shape index (κ2) is 8.11. The molecule has 1 aliphatic heterocycles. The first-order valence-corrected chi connectivity index (χ1v) is 7.48. The van der Waals surface area contributed by atoms with Crippen molar-refractivity contribution in [3.05, 3.63) is 0 Å². The molecule has 0 radical (unpaired) electrons. The molecule has 16 heavy (non-hydrogen) atoms. The van der Waals surface area contributed by atoms with Gasteiger partial charge in [-0.1, -0.05) is 47.0 Å². The number of likely N-dealkylation sites (tertiary alicyclic amines) is 1. The maximum atomic E-state index is 2.66. The van der Waals surface area contributed by atoms with Gasteiger partial charge in [0.25, 0.3) is 0 Å². The lowest BCUT2D eigenvalue weighted by atomic mass is 9.80. The summed E-state index contributed by atoms with van der Waals surface area (Å²) < 4.78 is 0. The second-order valence-electron chi connectivity index (χ2n) is 4.78. The third kappa shape index (κ3) is 3.48. The zero-order valence-corrected chi connectivity index (χ0v) is 12.5. The van der Waals surface area contributed by atoms with Crippen molar-refractivity contribution < 1.29 is 0 Å². The lowest BCUT2D eigenvalue weighted by molar-refractivity contribution is 0.0961. The van der Waals surface area contributed by atoms with Crippen molar-refractivity contribution in [2.45, 2.75) is 91.1 Å². The topological polar surface area (TPSA) is 3.24 Å². The summed E-state index contributed by atoms with van der Waals surface area (Å²) in [5.41, 5.74) is 0.637. The van der Waals surface area contributed by atoms with Gasteiger partial charge in [-0.25, -0.2) is 0 Å². The van der Waals surface area contributed by atoms with Crippen LogP contribution < -0.4 is 0 Å². The minimum Gasteiger partial charge on any atom is -0.298 e. The standard InChI is InChI=1S/C11H21N.2C2H6/c1-10-6-9-11(12(10)2)7-4-3-5-8-11;2*1-2/h10H,3-9H2,1-2H3;2*1-2H3. The molecule has 0 N–H and O–H groups in total. The molecule has 2 aliphatic rings. The van der Waals surface area contributed by atoms with Gasteiger partial charge in [-0.05, 0) is 39.7 Å². The van der Waals surface area contributed by atoms with E-state index in [4.69, 9.17) is 0 Å². The Hall–Kier alpha value is -0.0400. The van der Waals surface area contributed by atoms with Gasteiger partial charge in [0.2, 0.25) is 0 Å². The Kier molecular flexibility index (Phi) is 8.09. The predicted molar refractivity (Wildman–Crippen MR) is 75.0 cm³/mol. The van der Waals surface area contributed by atoms with E-state index in [0.29, 0.717) is 5.54 Å². The van der Waals surface area contributed by atoms with Crippen molar-refractivity contribution in [2.75, 3.05) is 7.05 Å². The predicted octanol–water partition coefficient (Wildman–Crippen LogP) is 4.86. The van der Waals surface area contributed by atoms with Crippen molar-refractivity contribution in [1.82, 2.24) is 4.90 Å². The molecule has 1 nitrogen and oxygen atoms in total. The summed E-state index contributed by atoms with van der Waals surface area (Å²) in [7, 11) is 2.34. The second-order valence-corrected chi connectivity index (χ2v) is 4.78. The molecule has 0 aromatic carbocycles. The van der Waals surface area contributed by atoms with E-state index in [-0.39, 0.29) is 0 Å². The lowest BCUT2D eigenvalue weighted by Gasteiger charge is -2.41. The summed E-state index contributed by atoms with van der Waals surface area (Å²) in [4.78, 5) is 2.66. The third-order valence-electron chi connectivity index (χ3n) is 4.22. The van der Waals surface area contributed by atoms with Crippen LogP contribution in [0.25, 0.3) is 0 Å². The van der Waals surface area contributed by atoms with Crippen LogP contribution in [0.15, 0.2) is 0 Å². The van der Waals surface area contributed by atoms with E-state index >= 15 is 0 Å². The van der Waals surface area contributed by atoms with Gasteiger partial charge in [-0.3, -0.25) is 4.90 Å². The highest BCUT2D eigenvalue weighted by Crippen LogP contribution is 2.42. The summed E-state index contributed by atoms with van der Waals surface area (Å²) in [6.07, 6.45) is 10.2. The summed E-state index contributed by atoms with van der Waals surface area (Å²) in [6.45, 7) is 10.4. The van der Waals surface area contributed by atoms with Gasteiger partial charge in [0, 0.05) is 11.6 Å². The van der Waals surface area contributed by atoms with Crippen LogP contribution in [0.2, 0.25) is 0 Å². The Bertz CT molecular complexity index is 153. The molecule has 1 saturated heterocycles. The van der Waals surface area contributed by atoms with Gasteiger partial charge < -0.3 is 0 Å². The summed E-state index contributed by atoms with van der Waals surface area (Å²) in [5.74, 6) is 0. The molecule has 1 saturated carbocycles. The van der Waals surface area contributed by atoms with Crippen LogP contribution in [0.4, 0.5) is 0 Å². The molecule has 0 bridgehead atoms. The number of hydrogen-bond acceptors (Lipinski definition) is 1. The van der Waals surface area contributed by atoms with E-state index in [1.165, 1.54) is 44.9 Å². The Morgan fingerprint density at radius 3 is 1.75 bits per heavy atom. The monoisotopic (exact) mass is 227 g/mol. The fourth-order valence-corrected chi connectivity index (χ4v) is 3.13. The van der Waals surface area contributed by atoms with E-state index < -0.39 is 0 Å². The van der Waals surface area contributed by atoms with E-state index in [9.17, 15) is 0 Å². The molecule has 1 unspecified atom stereocenters. The molecule has 0 aromatic heterocycles. The van der Waals surface area contributed by atoms with Crippen molar-refractivity contribution in [3.63, 3.8) is 0 Å². The smallest absolute Gasteiger partial charge is 0.0210 e. The molecule has 0 amide bonds. The average Bonchev–Trinajstić information content (AvgIpc) is 2.65. The molecule has 1 atom stereocenters. The molecule has 1 spiro atoms. The van der Waals surface area contributed by atoms with Crippen LogP contribution in [0.5, 0.6) is 0 Å². The van der Waals surface area contributed by atoms with Gasteiger partial charge in [0.05, 0.1) is 0 Å². The van der Waals surface area contributed by atoms with Crippen molar-refractivity contribution in [1.29, 1.82) is 0 Å². The number of nitrogens with zero attached hydrogens (tertiary/aromatic N) is 1. The van der Waals surface area contributed by atoms with E-state index in [0.717, 1.165) is 6.04 Å². The molecule has 0 aromatic rings. The lowest BCUT2D eigenvalue weighted by Crippen LogP contribution is -2.45. The van der Waals surface area contributed by atoms with Crippen molar-refractivity contribution >= 4 is 0 Å². The first-order chi connectivity index (χ1) is 7.75. The first kappa shape index (κ1) is 16.0. The maximum absolute atomic E-state index is 2.66. The minimum atomic E-state index is 0.637. The van der Waals surface area contributed by atoms with Gasteiger partial charge in [-0.2, -0.15) is 0 Å². The van der Waals surface area contributed by atoms with Crippen LogP contribution in [-0.4, -0.2) is 23.5 Å². The number of rotatable bonds is 0. The molecular weight excluding hydrogens is 194 g/mol. The van der Waals surface area contributed by atoms with Crippen molar-refractivity contribution in [2.24, 2.45) is 0 Å². The van der Waals surface area contributed by atoms with Crippen LogP contribution >= 0.6 is 0 Å². The summed E-state index contributed by atoms with van der Waals surface area (Å²) in [6, 6.07) is 0.836. The Labute approximate surface area is 104 Å². The first-order valence-electron chi connectivity index (χ1n) is 7.48. The summed E-state index contributed by atoms with van der Waals surface area (Å²) >= 11 is 0. The largest absolute Gasteiger partial charge is 0.298 e. The van der Waals surface area contributed by atoms with E-state index in [2.05, 4.69) is 18.9 Å². The molecule has 98 valence electrons. The van der Waals surface area contributed by atoms with Crippen LogP contribution in [0.1, 0.15) is 79.6 Å². The quantitative estimate of drug-likeness (QED) is 0.571. The normalized spacial score (nSPS) is 27.8. The Morgan fingerprint density at radius 2 is 1.38 bits per heavy atom. The Balaban J connectivity index is 0.000000509. The molecule has 1 heteroatoms. The molecule has 2 fully saturated rings. The molecule has 1 heterocycles. The third-order valence-corrected chi connectivity index (χ3v) is 4.22. The zero-order chi connectivity index (χ0) is 12.6. The van der Waals surface area contributed by atoms with Crippen LogP contribution in [0.3, 0.4) is 0 Å². The van der Waals surface area contributed by atoms with Gasteiger partial charge in [-0.15, -0.1) is 0 Å². The highest BCUT2D eigenvalue weighted by atomic mass is 15.2. The van der Waals surface area contributed by atoms with E-state index in [1.807, 2.05) is 27.7 Å². The molecular formula is C15H33N. The Morgan fingerprint density at radius 1 is 0.875 bits per heavy atom. The summed E-state index contributed by atoms with van der Waals surface area (Å²) in [5, 5.41) is 0. The minimum absolute atomic E-state index is 0.637. The van der Waals surface area contributed by atoms with Gasteiger partial charge in [0.15, 0.2) is 0 Å². The van der Waals surface area contributed by atoms with Crippen LogP contribution in [-0.2, 0) is 0 Å². The SMILES string of the molecule is CC.CC.CC1CCC2(CCCCC2)N1C. The zero-order valence-electron chi connectivity index (χ0n) is 12.5. The molecule has 1 aliphatic carbocycles. The van der Waals surface area contributed by atoms with Crippen molar-refractivity contribution in [3.8, 4) is 0 Å². The highest BCUT2D eigenvalue weighted by Gasteiger charge is 2.42. The fraction of sp³-hybridized carbons (Fsp3) is 1.00. The number of hydrogen-bond donors (Lipinski definition) is 0. The fourth-order valence-electron chi connectivity index (χ4n) is 3.13. The van der Waals surface area contributed by atoms with E-state index in [1.54, 1.807) is 0 Å². The highest BCUT2D eigenvalue weighted by molar-refractivity contribution is 4.98.